The van der Waals surface area contributed by atoms with Crippen LogP contribution in [-0.4, -0.2) is 28.1 Å². The van der Waals surface area contributed by atoms with Crippen molar-refractivity contribution >= 4 is 34.6 Å². The summed E-state index contributed by atoms with van der Waals surface area (Å²) in [5, 5.41) is 2.86. The zero-order valence-corrected chi connectivity index (χ0v) is 10.6. The van der Waals surface area contributed by atoms with Gasteiger partial charge in [0.1, 0.15) is 0 Å². The fraction of sp³-hybridized carbons (Fsp3) is 0.444. The van der Waals surface area contributed by atoms with E-state index in [9.17, 15) is 4.79 Å². The number of rotatable bonds is 1. The number of nitrogens with zero attached hydrogens (tertiary/aromatic N) is 3. The number of halogens is 1. The Balaban J connectivity index is 2.25. The van der Waals surface area contributed by atoms with E-state index >= 15 is 0 Å². The van der Waals surface area contributed by atoms with Crippen LogP contribution in [0.25, 0.3) is 0 Å². The van der Waals surface area contributed by atoms with Crippen LogP contribution < -0.4 is 10.2 Å². The lowest BCUT2D eigenvalue weighted by molar-refractivity contribution is 0.248. The molecule has 1 fully saturated rings. The second-order valence-electron chi connectivity index (χ2n) is 4.10. The van der Waals surface area contributed by atoms with E-state index in [-0.39, 0.29) is 11.6 Å². The van der Waals surface area contributed by atoms with Gasteiger partial charge in [0, 0.05) is 16.0 Å². The molecule has 1 aliphatic rings. The molecule has 0 saturated carbocycles. The van der Waals surface area contributed by atoms with E-state index < -0.39 is 0 Å². The number of carbonyl (C=O) groups is 1. The van der Waals surface area contributed by atoms with Crippen molar-refractivity contribution in [3.8, 4) is 0 Å². The first-order valence-corrected chi connectivity index (χ1v) is 5.63. The maximum Gasteiger partial charge on any atom is 0.324 e. The van der Waals surface area contributed by atoms with Crippen LogP contribution in [-0.2, 0) is 0 Å². The minimum atomic E-state index is -0.219. The first-order valence-electron chi connectivity index (χ1n) is 4.55. The molecule has 2 amide bonds. The average molecular weight is 318 g/mol. The highest BCUT2D eigenvalue weighted by Crippen LogP contribution is 2.19. The maximum atomic E-state index is 11.6. The summed E-state index contributed by atoms with van der Waals surface area (Å²) in [5.74, 6) is 0.457. The fourth-order valence-electron chi connectivity index (χ4n) is 1.47. The highest BCUT2D eigenvalue weighted by Gasteiger charge is 2.36. The Morgan fingerprint density at radius 2 is 2.07 bits per heavy atom. The van der Waals surface area contributed by atoms with Gasteiger partial charge in [0.2, 0.25) is 5.95 Å². The number of amides is 2. The molecule has 5 nitrogen and oxygen atoms in total. The van der Waals surface area contributed by atoms with Crippen molar-refractivity contribution in [2.75, 3.05) is 11.4 Å². The molecule has 15 heavy (non-hydrogen) atoms. The molecule has 2 heterocycles. The van der Waals surface area contributed by atoms with E-state index in [4.69, 9.17) is 0 Å². The molecule has 1 aromatic heterocycles. The minimum Gasteiger partial charge on any atom is -0.331 e. The molecule has 1 N–H and O–H groups in total. The van der Waals surface area contributed by atoms with Crippen LogP contribution in [0, 0.1) is 3.57 Å². The number of hydrogen-bond acceptors (Lipinski definition) is 3. The number of aromatic nitrogens is 2. The van der Waals surface area contributed by atoms with Crippen LogP contribution in [0.15, 0.2) is 12.4 Å². The maximum absolute atomic E-state index is 11.6. The van der Waals surface area contributed by atoms with Crippen LogP contribution in [0.3, 0.4) is 0 Å². The number of carbonyl (C=O) groups excluding carboxylic acids is 1. The largest absolute Gasteiger partial charge is 0.331 e. The van der Waals surface area contributed by atoms with Crippen LogP contribution in [0.4, 0.5) is 10.7 Å². The van der Waals surface area contributed by atoms with Gasteiger partial charge in [-0.05, 0) is 36.4 Å². The first-order chi connectivity index (χ1) is 6.98. The zero-order chi connectivity index (χ0) is 11.1. The summed E-state index contributed by atoms with van der Waals surface area (Å²) in [4.78, 5) is 21.4. The van der Waals surface area contributed by atoms with Crippen molar-refractivity contribution in [1.29, 1.82) is 0 Å². The van der Waals surface area contributed by atoms with Gasteiger partial charge in [0.05, 0.1) is 12.1 Å². The van der Waals surface area contributed by atoms with E-state index in [2.05, 4.69) is 37.9 Å². The summed E-state index contributed by atoms with van der Waals surface area (Å²) in [7, 11) is 0. The number of urea groups is 1. The number of anilines is 1. The smallest absolute Gasteiger partial charge is 0.324 e. The molecule has 6 heteroatoms. The molecule has 0 unspecified atom stereocenters. The van der Waals surface area contributed by atoms with E-state index in [1.165, 1.54) is 0 Å². The Hall–Kier alpha value is -0.920. The molecular formula is C9H11IN4O. The molecule has 0 atom stereocenters. The van der Waals surface area contributed by atoms with Gasteiger partial charge in [-0.3, -0.25) is 4.90 Å². The second-order valence-corrected chi connectivity index (χ2v) is 5.35. The van der Waals surface area contributed by atoms with E-state index in [1.54, 1.807) is 17.3 Å². The SMILES string of the molecule is CC1(C)CN(c2ncc(I)cn2)C(=O)N1. The van der Waals surface area contributed by atoms with Gasteiger partial charge >= 0.3 is 6.03 Å². The normalized spacial score (nSPS) is 19.1. The van der Waals surface area contributed by atoms with Crippen LogP contribution in [0.2, 0.25) is 0 Å². The lowest BCUT2D eigenvalue weighted by Gasteiger charge is -2.16. The summed E-state index contributed by atoms with van der Waals surface area (Å²) in [6, 6.07) is -0.138. The molecule has 0 bridgehead atoms. The van der Waals surface area contributed by atoms with Crippen molar-refractivity contribution in [3.05, 3.63) is 16.0 Å². The Morgan fingerprint density at radius 1 is 1.47 bits per heavy atom. The van der Waals surface area contributed by atoms with Crippen molar-refractivity contribution in [1.82, 2.24) is 15.3 Å². The average Bonchev–Trinajstić information content (AvgIpc) is 2.41. The second kappa shape index (κ2) is 3.58. The topological polar surface area (TPSA) is 58.1 Å². The zero-order valence-electron chi connectivity index (χ0n) is 8.49. The Kier molecular flexibility index (Phi) is 2.53. The van der Waals surface area contributed by atoms with E-state index in [0.717, 1.165) is 3.57 Å². The lowest BCUT2D eigenvalue weighted by Crippen LogP contribution is -2.36. The summed E-state index contributed by atoms with van der Waals surface area (Å²) in [6.45, 7) is 4.53. The molecule has 80 valence electrons. The standard InChI is InChI=1S/C9H11IN4O/c1-9(2)5-14(8(15)13-9)7-11-3-6(10)4-12-7/h3-4H,5H2,1-2H3,(H,13,15). The summed E-state index contributed by atoms with van der Waals surface area (Å²) in [5.41, 5.74) is -0.219. The monoisotopic (exact) mass is 318 g/mol. The minimum absolute atomic E-state index is 0.138. The van der Waals surface area contributed by atoms with Crippen molar-refractivity contribution < 1.29 is 4.79 Å². The molecule has 1 aromatic rings. The summed E-state index contributed by atoms with van der Waals surface area (Å²) in [6.07, 6.45) is 3.39. The van der Waals surface area contributed by atoms with Crippen LogP contribution in [0.1, 0.15) is 13.8 Å². The molecule has 1 saturated heterocycles. The van der Waals surface area contributed by atoms with Crippen molar-refractivity contribution in [2.24, 2.45) is 0 Å². The molecule has 0 radical (unpaired) electrons. The number of hydrogen-bond donors (Lipinski definition) is 1. The molecule has 0 aromatic carbocycles. The van der Waals surface area contributed by atoms with Crippen molar-refractivity contribution in [2.45, 2.75) is 19.4 Å². The van der Waals surface area contributed by atoms with Gasteiger partial charge < -0.3 is 5.32 Å². The highest BCUT2D eigenvalue weighted by atomic mass is 127. The predicted octanol–water partition coefficient (Wildman–Crippen LogP) is 1.39. The summed E-state index contributed by atoms with van der Waals surface area (Å²) >= 11 is 2.13. The third-order valence-corrected chi connectivity index (χ3v) is 2.65. The van der Waals surface area contributed by atoms with E-state index in [1.807, 2.05) is 13.8 Å². The first kappa shape index (κ1) is 10.6. The quantitative estimate of drug-likeness (QED) is 0.796. The van der Waals surface area contributed by atoms with Gasteiger partial charge in [0.15, 0.2) is 0 Å². The number of nitrogens with one attached hydrogen (secondary N) is 1. The van der Waals surface area contributed by atoms with Crippen LogP contribution in [0.5, 0.6) is 0 Å². The molecule has 2 rings (SSSR count). The Morgan fingerprint density at radius 3 is 2.53 bits per heavy atom. The van der Waals surface area contributed by atoms with Gasteiger partial charge in [0.25, 0.3) is 0 Å². The fourth-order valence-corrected chi connectivity index (χ4v) is 1.75. The molecule has 1 aliphatic heterocycles. The van der Waals surface area contributed by atoms with Gasteiger partial charge in [-0.15, -0.1) is 0 Å². The van der Waals surface area contributed by atoms with Gasteiger partial charge in [-0.2, -0.15) is 0 Å². The van der Waals surface area contributed by atoms with Crippen LogP contribution >= 0.6 is 22.6 Å². The Bertz CT molecular complexity index is 390. The molecular weight excluding hydrogens is 307 g/mol. The van der Waals surface area contributed by atoms with Gasteiger partial charge in [-0.1, -0.05) is 0 Å². The molecule has 0 spiro atoms. The molecule has 0 aliphatic carbocycles. The van der Waals surface area contributed by atoms with Crippen molar-refractivity contribution in [3.63, 3.8) is 0 Å². The predicted molar refractivity (Wildman–Crippen MR) is 64.7 cm³/mol. The third kappa shape index (κ3) is 2.19. The third-order valence-electron chi connectivity index (χ3n) is 2.09. The highest BCUT2D eigenvalue weighted by molar-refractivity contribution is 14.1. The van der Waals surface area contributed by atoms with Gasteiger partial charge in [-0.25, -0.2) is 14.8 Å². The van der Waals surface area contributed by atoms with E-state index in [0.29, 0.717) is 12.5 Å². The Labute approximate surface area is 101 Å². The summed E-state index contributed by atoms with van der Waals surface area (Å²) < 4.78 is 0.954. The lowest BCUT2D eigenvalue weighted by atomic mass is 10.1.